The summed E-state index contributed by atoms with van der Waals surface area (Å²) in [5, 5.41) is 0. The molecular formula is C15H15Br2NO2. The summed E-state index contributed by atoms with van der Waals surface area (Å²) < 4.78 is 12.5. The largest absolute Gasteiger partial charge is 0.493 e. The maximum atomic E-state index is 6.38. The van der Waals surface area contributed by atoms with Crippen LogP contribution in [0.3, 0.4) is 0 Å². The number of nitrogens with two attached hydrogens (primary N) is 1. The van der Waals surface area contributed by atoms with Crippen LogP contribution in [-0.4, -0.2) is 14.2 Å². The second-order valence-corrected chi connectivity index (χ2v) is 5.94. The molecule has 20 heavy (non-hydrogen) atoms. The number of hydrogen-bond acceptors (Lipinski definition) is 3. The van der Waals surface area contributed by atoms with Gasteiger partial charge in [0.05, 0.1) is 20.3 Å². The lowest BCUT2D eigenvalue weighted by Crippen LogP contribution is -2.13. The van der Waals surface area contributed by atoms with Crippen molar-refractivity contribution in [2.75, 3.05) is 14.2 Å². The minimum Gasteiger partial charge on any atom is -0.493 e. The summed E-state index contributed by atoms with van der Waals surface area (Å²) in [6.45, 7) is 0. The molecular weight excluding hydrogens is 386 g/mol. The monoisotopic (exact) mass is 399 g/mol. The number of ether oxygens (including phenoxy) is 2. The highest BCUT2D eigenvalue weighted by Crippen LogP contribution is 2.38. The second kappa shape index (κ2) is 6.61. The topological polar surface area (TPSA) is 44.5 Å². The number of methoxy groups -OCH3 is 2. The molecule has 2 N–H and O–H groups in total. The molecule has 0 aliphatic heterocycles. The van der Waals surface area contributed by atoms with E-state index in [1.54, 1.807) is 14.2 Å². The van der Waals surface area contributed by atoms with Crippen LogP contribution < -0.4 is 15.2 Å². The van der Waals surface area contributed by atoms with Gasteiger partial charge in [0.1, 0.15) is 0 Å². The highest BCUT2D eigenvalue weighted by Gasteiger charge is 2.18. The quantitative estimate of drug-likeness (QED) is 0.832. The van der Waals surface area contributed by atoms with Crippen LogP contribution in [0, 0.1) is 0 Å². The summed E-state index contributed by atoms with van der Waals surface area (Å²) in [5.74, 6) is 1.33. The molecule has 0 bridgehead atoms. The molecule has 2 rings (SSSR count). The highest BCUT2D eigenvalue weighted by molar-refractivity contribution is 9.10. The van der Waals surface area contributed by atoms with Crippen molar-refractivity contribution in [1.82, 2.24) is 0 Å². The molecule has 0 radical (unpaired) electrons. The second-order valence-electron chi connectivity index (χ2n) is 4.23. The van der Waals surface area contributed by atoms with Crippen molar-refractivity contribution in [2.45, 2.75) is 6.04 Å². The molecule has 5 heteroatoms. The fourth-order valence-corrected chi connectivity index (χ4v) is 3.10. The maximum absolute atomic E-state index is 6.38. The fourth-order valence-electron chi connectivity index (χ4n) is 2.00. The Kier molecular flexibility index (Phi) is 5.07. The van der Waals surface area contributed by atoms with Crippen molar-refractivity contribution in [3.8, 4) is 11.5 Å². The maximum Gasteiger partial charge on any atom is 0.161 e. The molecule has 0 saturated heterocycles. The van der Waals surface area contributed by atoms with Crippen LogP contribution in [0.25, 0.3) is 0 Å². The molecule has 1 unspecified atom stereocenters. The van der Waals surface area contributed by atoms with Gasteiger partial charge in [-0.1, -0.05) is 50.1 Å². The van der Waals surface area contributed by atoms with E-state index in [9.17, 15) is 0 Å². The van der Waals surface area contributed by atoms with E-state index in [1.807, 2.05) is 36.4 Å². The molecule has 0 spiro atoms. The van der Waals surface area contributed by atoms with Gasteiger partial charge in [0, 0.05) is 8.95 Å². The smallest absolute Gasteiger partial charge is 0.161 e. The van der Waals surface area contributed by atoms with Crippen molar-refractivity contribution in [1.29, 1.82) is 0 Å². The third kappa shape index (κ3) is 3.00. The highest BCUT2D eigenvalue weighted by atomic mass is 79.9. The zero-order valence-corrected chi connectivity index (χ0v) is 14.4. The van der Waals surface area contributed by atoms with Gasteiger partial charge < -0.3 is 15.2 Å². The minimum absolute atomic E-state index is 0.264. The molecule has 0 aromatic heterocycles. The first-order chi connectivity index (χ1) is 9.58. The molecule has 0 fully saturated rings. The lowest BCUT2D eigenvalue weighted by molar-refractivity contribution is 0.354. The van der Waals surface area contributed by atoms with Crippen LogP contribution in [0.2, 0.25) is 0 Å². The van der Waals surface area contributed by atoms with Gasteiger partial charge in [-0.25, -0.2) is 0 Å². The molecule has 2 aromatic rings. The Morgan fingerprint density at radius 2 is 1.50 bits per heavy atom. The van der Waals surface area contributed by atoms with Crippen LogP contribution in [0.4, 0.5) is 0 Å². The van der Waals surface area contributed by atoms with Crippen molar-refractivity contribution in [2.24, 2.45) is 5.73 Å². The first kappa shape index (κ1) is 15.4. The van der Waals surface area contributed by atoms with Crippen molar-refractivity contribution >= 4 is 31.9 Å². The van der Waals surface area contributed by atoms with Crippen LogP contribution in [-0.2, 0) is 0 Å². The molecule has 3 nitrogen and oxygen atoms in total. The Morgan fingerprint density at radius 1 is 0.900 bits per heavy atom. The Hall–Kier alpha value is -1.04. The number of benzene rings is 2. The average molecular weight is 401 g/mol. The predicted molar refractivity (Wildman–Crippen MR) is 87.4 cm³/mol. The van der Waals surface area contributed by atoms with E-state index in [0.717, 1.165) is 20.1 Å². The van der Waals surface area contributed by atoms with E-state index in [4.69, 9.17) is 15.2 Å². The predicted octanol–water partition coefficient (Wildman–Crippen LogP) is 4.28. The average Bonchev–Trinajstić information content (AvgIpc) is 2.46. The fraction of sp³-hybridized carbons (Fsp3) is 0.200. The Labute approximate surface area is 135 Å². The molecule has 0 aliphatic rings. The minimum atomic E-state index is -0.264. The summed E-state index contributed by atoms with van der Waals surface area (Å²) in [5.41, 5.74) is 8.33. The third-order valence-corrected chi connectivity index (χ3v) is 4.49. The van der Waals surface area contributed by atoms with E-state index >= 15 is 0 Å². The zero-order valence-electron chi connectivity index (χ0n) is 11.2. The van der Waals surface area contributed by atoms with Gasteiger partial charge in [-0.05, 0) is 29.3 Å². The molecule has 106 valence electrons. The summed E-state index contributed by atoms with van der Waals surface area (Å²) in [4.78, 5) is 0. The molecule has 1 atom stereocenters. The first-order valence-electron chi connectivity index (χ1n) is 6.00. The summed E-state index contributed by atoms with van der Waals surface area (Å²) in [6.07, 6.45) is 0. The van der Waals surface area contributed by atoms with Gasteiger partial charge in [-0.2, -0.15) is 0 Å². The van der Waals surface area contributed by atoms with E-state index in [0.29, 0.717) is 11.5 Å². The van der Waals surface area contributed by atoms with E-state index < -0.39 is 0 Å². The van der Waals surface area contributed by atoms with Crippen molar-refractivity contribution in [3.05, 3.63) is 56.5 Å². The Morgan fingerprint density at radius 3 is 2.10 bits per heavy atom. The van der Waals surface area contributed by atoms with E-state index in [1.165, 1.54) is 0 Å². The molecule has 2 aromatic carbocycles. The number of halogens is 2. The van der Waals surface area contributed by atoms with Crippen molar-refractivity contribution in [3.63, 3.8) is 0 Å². The van der Waals surface area contributed by atoms with Gasteiger partial charge in [0.15, 0.2) is 11.5 Å². The molecule has 0 heterocycles. The summed E-state index contributed by atoms with van der Waals surface area (Å²) in [6, 6.07) is 11.4. The number of rotatable bonds is 4. The Balaban J connectivity index is 2.50. The van der Waals surface area contributed by atoms with Crippen molar-refractivity contribution < 1.29 is 9.47 Å². The lowest BCUT2D eigenvalue weighted by Gasteiger charge is -2.18. The van der Waals surface area contributed by atoms with Crippen LogP contribution in [0.15, 0.2) is 45.3 Å². The van der Waals surface area contributed by atoms with Gasteiger partial charge >= 0.3 is 0 Å². The lowest BCUT2D eigenvalue weighted by atomic mass is 9.99. The summed E-state index contributed by atoms with van der Waals surface area (Å²) in [7, 11) is 3.22. The van der Waals surface area contributed by atoms with Crippen LogP contribution in [0.1, 0.15) is 17.2 Å². The molecule has 0 aliphatic carbocycles. The Bertz CT molecular complexity index is 617. The zero-order chi connectivity index (χ0) is 14.7. The third-order valence-electron chi connectivity index (χ3n) is 3.08. The van der Waals surface area contributed by atoms with Gasteiger partial charge in [0.2, 0.25) is 0 Å². The SMILES string of the molecule is COc1cc(Br)c(C(N)c2ccccc2Br)cc1OC. The first-order valence-corrected chi connectivity index (χ1v) is 7.58. The number of hydrogen-bond donors (Lipinski definition) is 1. The van der Waals surface area contributed by atoms with Gasteiger partial charge in [-0.15, -0.1) is 0 Å². The van der Waals surface area contributed by atoms with E-state index in [-0.39, 0.29) is 6.04 Å². The van der Waals surface area contributed by atoms with E-state index in [2.05, 4.69) is 31.9 Å². The van der Waals surface area contributed by atoms with Gasteiger partial charge in [-0.3, -0.25) is 0 Å². The normalized spacial score (nSPS) is 12.1. The molecule has 0 amide bonds. The molecule has 0 saturated carbocycles. The summed E-state index contributed by atoms with van der Waals surface area (Å²) >= 11 is 7.07. The van der Waals surface area contributed by atoms with Crippen LogP contribution in [0.5, 0.6) is 11.5 Å². The van der Waals surface area contributed by atoms with Crippen LogP contribution >= 0.6 is 31.9 Å². The van der Waals surface area contributed by atoms with Gasteiger partial charge in [0.25, 0.3) is 0 Å². The standard InChI is InChI=1S/C15H15Br2NO2/c1-19-13-7-10(12(17)8-14(13)20-2)15(18)9-5-3-4-6-11(9)16/h3-8,15H,18H2,1-2H3.